The molecule has 0 bridgehead atoms. The van der Waals surface area contributed by atoms with E-state index in [0.29, 0.717) is 0 Å². The predicted octanol–water partition coefficient (Wildman–Crippen LogP) is 1.34. The highest BCUT2D eigenvalue weighted by Crippen LogP contribution is 2.23. The molecule has 8 heteroatoms. The molecule has 0 spiro atoms. The van der Waals surface area contributed by atoms with Crippen molar-refractivity contribution >= 4 is 35.2 Å². The molecule has 6 nitrogen and oxygen atoms in total. The molecule has 1 heterocycles. The van der Waals surface area contributed by atoms with Gasteiger partial charge in [0.15, 0.2) is 4.34 Å². The number of carboxylic acid groups (broad SMARTS) is 1. The molecule has 0 aromatic carbocycles. The van der Waals surface area contributed by atoms with E-state index in [1.165, 1.54) is 30.2 Å². The van der Waals surface area contributed by atoms with Crippen molar-refractivity contribution in [2.75, 3.05) is 5.75 Å². The number of amides is 1. The number of carbonyl (C=O) groups excluding carboxylic acids is 1. The SMILES string of the molecule is CC(=O)N[C@@H](CSc1nc(C(C)C)ns1)C(=O)O. The van der Waals surface area contributed by atoms with Crippen molar-refractivity contribution in [2.45, 2.75) is 37.1 Å². The summed E-state index contributed by atoms with van der Waals surface area (Å²) < 4.78 is 4.89. The Labute approximate surface area is 113 Å². The van der Waals surface area contributed by atoms with Crippen molar-refractivity contribution in [1.82, 2.24) is 14.7 Å². The fraction of sp³-hybridized carbons (Fsp3) is 0.600. The smallest absolute Gasteiger partial charge is 0.327 e. The standard InChI is InChI=1S/C10H15N3O3S2/c1-5(2)8-12-10(18-13-8)17-4-7(9(15)16)11-6(3)14/h5,7H,4H2,1-3H3,(H,11,14)(H,15,16)/t7-/m0/s1. The van der Waals surface area contributed by atoms with Crippen LogP contribution in [0.2, 0.25) is 0 Å². The second-order valence-electron chi connectivity index (χ2n) is 3.98. The minimum atomic E-state index is -1.05. The highest BCUT2D eigenvalue weighted by molar-refractivity contribution is 8.01. The van der Waals surface area contributed by atoms with Crippen LogP contribution in [0.1, 0.15) is 32.5 Å². The topological polar surface area (TPSA) is 92.2 Å². The van der Waals surface area contributed by atoms with Gasteiger partial charge in [-0.25, -0.2) is 9.78 Å². The van der Waals surface area contributed by atoms with Crippen molar-refractivity contribution in [3.63, 3.8) is 0 Å². The third-order valence-electron chi connectivity index (χ3n) is 1.99. The lowest BCUT2D eigenvalue weighted by Crippen LogP contribution is -2.41. The molecule has 0 aliphatic carbocycles. The molecule has 1 atom stereocenters. The average molecular weight is 289 g/mol. The molecule has 0 fully saturated rings. The van der Waals surface area contributed by atoms with Crippen LogP contribution in [-0.4, -0.2) is 38.1 Å². The molecule has 0 aliphatic heterocycles. The van der Waals surface area contributed by atoms with Crippen molar-refractivity contribution in [2.24, 2.45) is 0 Å². The van der Waals surface area contributed by atoms with Crippen molar-refractivity contribution < 1.29 is 14.7 Å². The lowest BCUT2D eigenvalue weighted by molar-refractivity contribution is -0.140. The first-order chi connectivity index (χ1) is 8.40. The maximum Gasteiger partial charge on any atom is 0.327 e. The molecular formula is C10H15N3O3S2. The van der Waals surface area contributed by atoms with Crippen molar-refractivity contribution in [1.29, 1.82) is 0 Å². The van der Waals surface area contributed by atoms with E-state index in [1.807, 2.05) is 13.8 Å². The molecule has 100 valence electrons. The minimum Gasteiger partial charge on any atom is -0.480 e. The molecule has 1 aromatic rings. The van der Waals surface area contributed by atoms with Crippen LogP contribution in [0.3, 0.4) is 0 Å². The monoisotopic (exact) mass is 289 g/mol. The zero-order chi connectivity index (χ0) is 13.7. The second-order valence-corrected chi connectivity index (χ2v) is 5.99. The number of thioether (sulfide) groups is 1. The highest BCUT2D eigenvalue weighted by Gasteiger charge is 2.19. The van der Waals surface area contributed by atoms with E-state index in [9.17, 15) is 9.59 Å². The quantitative estimate of drug-likeness (QED) is 0.768. The number of carbonyl (C=O) groups is 2. The predicted molar refractivity (Wildman–Crippen MR) is 70.0 cm³/mol. The summed E-state index contributed by atoms with van der Waals surface area (Å²) in [6.07, 6.45) is 0. The van der Waals surface area contributed by atoms with Crippen LogP contribution >= 0.6 is 23.3 Å². The summed E-state index contributed by atoms with van der Waals surface area (Å²) in [6.45, 7) is 5.28. The Morgan fingerprint density at radius 3 is 2.61 bits per heavy atom. The van der Waals surface area contributed by atoms with Gasteiger partial charge in [-0.3, -0.25) is 4.79 Å². The van der Waals surface area contributed by atoms with Crippen LogP contribution in [0.4, 0.5) is 0 Å². The number of nitrogens with zero attached hydrogens (tertiary/aromatic N) is 2. The molecule has 0 saturated carbocycles. The van der Waals surface area contributed by atoms with Gasteiger partial charge < -0.3 is 10.4 Å². The zero-order valence-electron chi connectivity index (χ0n) is 10.3. The summed E-state index contributed by atoms with van der Waals surface area (Å²) in [5.41, 5.74) is 0. The summed E-state index contributed by atoms with van der Waals surface area (Å²) in [4.78, 5) is 26.0. The number of rotatable bonds is 6. The summed E-state index contributed by atoms with van der Waals surface area (Å²) in [5, 5.41) is 11.3. The van der Waals surface area contributed by atoms with E-state index in [0.717, 1.165) is 10.2 Å². The maximum atomic E-state index is 10.9. The van der Waals surface area contributed by atoms with E-state index in [2.05, 4.69) is 14.7 Å². The van der Waals surface area contributed by atoms with Gasteiger partial charge in [0.05, 0.1) is 0 Å². The average Bonchev–Trinajstić information content (AvgIpc) is 2.72. The molecule has 2 N–H and O–H groups in total. The van der Waals surface area contributed by atoms with E-state index in [-0.39, 0.29) is 17.6 Å². The van der Waals surface area contributed by atoms with Gasteiger partial charge in [-0.1, -0.05) is 25.6 Å². The van der Waals surface area contributed by atoms with E-state index < -0.39 is 12.0 Å². The van der Waals surface area contributed by atoms with Gasteiger partial charge in [0.2, 0.25) is 5.91 Å². The van der Waals surface area contributed by atoms with Gasteiger partial charge in [-0.2, -0.15) is 4.37 Å². The number of hydrogen-bond acceptors (Lipinski definition) is 6. The number of aliphatic carboxylic acids is 1. The largest absolute Gasteiger partial charge is 0.480 e. The minimum absolute atomic E-state index is 0.238. The first-order valence-electron chi connectivity index (χ1n) is 5.36. The third-order valence-corrected chi connectivity index (χ3v) is 3.93. The fourth-order valence-corrected chi connectivity index (χ4v) is 2.87. The van der Waals surface area contributed by atoms with Gasteiger partial charge in [0, 0.05) is 18.6 Å². The Morgan fingerprint density at radius 1 is 1.50 bits per heavy atom. The van der Waals surface area contributed by atoms with Gasteiger partial charge in [0.25, 0.3) is 0 Å². The van der Waals surface area contributed by atoms with Gasteiger partial charge in [-0.05, 0) is 11.5 Å². The molecule has 0 saturated heterocycles. The van der Waals surface area contributed by atoms with Crippen LogP contribution in [0.5, 0.6) is 0 Å². The Morgan fingerprint density at radius 2 is 2.17 bits per heavy atom. The Kier molecular flexibility index (Phi) is 5.54. The van der Waals surface area contributed by atoms with Crippen LogP contribution < -0.4 is 5.32 Å². The lowest BCUT2D eigenvalue weighted by atomic mass is 10.2. The fourth-order valence-electron chi connectivity index (χ4n) is 1.09. The van der Waals surface area contributed by atoms with Crippen LogP contribution in [0, 0.1) is 0 Å². The Balaban J connectivity index is 2.55. The number of nitrogens with one attached hydrogen (secondary N) is 1. The van der Waals surface area contributed by atoms with Crippen LogP contribution in [0.15, 0.2) is 4.34 Å². The zero-order valence-corrected chi connectivity index (χ0v) is 12.0. The van der Waals surface area contributed by atoms with E-state index in [4.69, 9.17) is 5.11 Å². The highest BCUT2D eigenvalue weighted by atomic mass is 32.2. The third kappa shape index (κ3) is 4.61. The summed E-state index contributed by atoms with van der Waals surface area (Å²) >= 11 is 2.53. The van der Waals surface area contributed by atoms with Gasteiger partial charge in [0.1, 0.15) is 11.9 Å². The van der Waals surface area contributed by atoms with E-state index >= 15 is 0 Å². The normalized spacial score (nSPS) is 12.4. The van der Waals surface area contributed by atoms with Crippen LogP contribution in [-0.2, 0) is 9.59 Å². The number of hydrogen-bond donors (Lipinski definition) is 2. The van der Waals surface area contributed by atoms with Gasteiger partial charge in [-0.15, -0.1) is 0 Å². The number of aromatic nitrogens is 2. The Hall–Kier alpha value is -1.15. The summed E-state index contributed by atoms with van der Waals surface area (Å²) in [7, 11) is 0. The molecule has 1 rings (SSSR count). The van der Waals surface area contributed by atoms with Crippen molar-refractivity contribution in [3.05, 3.63) is 5.82 Å². The van der Waals surface area contributed by atoms with Crippen LogP contribution in [0.25, 0.3) is 0 Å². The molecule has 0 unspecified atom stereocenters. The maximum absolute atomic E-state index is 10.9. The summed E-state index contributed by atoms with van der Waals surface area (Å²) in [6, 6.07) is -0.904. The Bertz CT molecular complexity index is 434. The molecular weight excluding hydrogens is 274 g/mol. The number of carboxylic acids is 1. The lowest BCUT2D eigenvalue weighted by Gasteiger charge is -2.11. The molecule has 18 heavy (non-hydrogen) atoms. The molecule has 1 aromatic heterocycles. The molecule has 1 amide bonds. The first kappa shape index (κ1) is 14.9. The molecule has 0 radical (unpaired) electrons. The van der Waals surface area contributed by atoms with Crippen molar-refractivity contribution in [3.8, 4) is 0 Å². The first-order valence-corrected chi connectivity index (χ1v) is 7.12. The van der Waals surface area contributed by atoms with Gasteiger partial charge >= 0.3 is 5.97 Å². The summed E-state index contributed by atoms with van der Waals surface area (Å²) in [5.74, 6) is -0.161. The van der Waals surface area contributed by atoms with E-state index in [1.54, 1.807) is 0 Å². The molecule has 0 aliphatic rings. The second kappa shape index (κ2) is 6.69.